The van der Waals surface area contributed by atoms with Gasteiger partial charge in [0.05, 0.1) is 22.5 Å². The number of nitrogens with one attached hydrogen (secondary N) is 1. The number of anilines is 1. The van der Waals surface area contributed by atoms with Crippen molar-refractivity contribution in [3.05, 3.63) is 29.3 Å². The van der Waals surface area contributed by atoms with E-state index in [1.165, 1.54) is 0 Å². The van der Waals surface area contributed by atoms with Crippen molar-refractivity contribution in [2.45, 2.75) is 18.9 Å². The molecule has 0 aromatic heterocycles. The lowest BCUT2D eigenvalue weighted by Crippen LogP contribution is -2.34. The standard InChI is InChI=1S/C17H16ClNO5/c18-10-3-1-2-4-11(10)19-13(20)7-23-16(21)14-8-5-9-12(6-8)24-17(22)15(9)14/h1-4,8-9,12,14-15H,5-7H2,(H,19,20)/t8-,9+,12-,14+,15+/m1/s1. The van der Waals surface area contributed by atoms with Crippen LogP contribution in [-0.4, -0.2) is 30.6 Å². The summed E-state index contributed by atoms with van der Waals surface area (Å²) in [7, 11) is 0. The molecule has 1 saturated heterocycles. The Morgan fingerprint density at radius 1 is 1.29 bits per heavy atom. The maximum Gasteiger partial charge on any atom is 0.310 e. The normalized spacial score (nSPS) is 32.5. The van der Waals surface area contributed by atoms with Crippen molar-refractivity contribution in [1.82, 2.24) is 0 Å². The summed E-state index contributed by atoms with van der Waals surface area (Å²) in [4.78, 5) is 36.2. The molecule has 1 aromatic carbocycles. The third-order valence-electron chi connectivity index (χ3n) is 5.25. The van der Waals surface area contributed by atoms with Gasteiger partial charge in [0.15, 0.2) is 6.61 Å². The quantitative estimate of drug-likeness (QED) is 0.841. The van der Waals surface area contributed by atoms with Gasteiger partial charge >= 0.3 is 11.9 Å². The van der Waals surface area contributed by atoms with E-state index in [1.54, 1.807) is 24.3 Å². The molecule has 1 N–H and O–H groups in total. The third kappa shape index (κ3) is 2.45. The first-order valence-corrected chi connectivity index (χ1v) is 8.34. The van der Waals surface area contributed by atoms with Crippen LogP contribution in [0.5, 0.6) is 0 Å². The average Bonchev–Trinajstić information content (AvgIpc) is 3.16. The van der Waals surface area contributed by atoms with Gasteiger partial charge in [0, 0.05) is 5.92 Å². The summed E-state index contributed by atoms with van der Waals surface area (Å²) < 4.78 is 10.4. The van der Waals surface area contributed by atoms with Crippen LogP contribution in [0.2, 0.25) is 5.02 Å². The number of carbonyl (C=O) groups excluding carboxylic acids is 3. The fourth-order valence-electron chi connectivity index (χ4n) is 4.31. The first-order valence-electron chi connectivity index (χ1n) is 7.96. The van der Waals surface area contributed by atoms with Crippen LogP contribution in [0.4, 0.5) is 5.69 Å². The molecule has 3 aliphatic rings. The Bertz CT molecular complexity index is 719. The Labute approximate surface area is 143 Å². The van der Waals surface area contributed by atoms with Crippen LogP contribution in [-0.2, 0) is 23.9 Å². The van der Waals surface area contributed by atoms with Gasteiger partial charge in [-0.1, -0.05) is 23.7 Å². The first kappa shape index (κ1) is 15.4. The summed E-state index contributed by atoms with van der Waals surface area (Å²) >= 11 is 5.96. The smallest absolute Gasteiger partial charge is 0.310 e. The summed E-state index contributed by atoms with van der Waals surface area (Å²) in [6.45, 7) is -0.400. The van der Waals surface area contributed by atoms with Gasteiger partial charge in [-0.3, -0.25) is 14.4 Å². The number of hydrogen-bond donors (Lipinski definition) is 1. The van der Waals surface area contributed by atoms with E-state index in [4.69, 9.17) is 21.1 Å². The molecule has 0 spiro atoms. The van der Waals surface area contributed by atoms with Crippen LogP contribution in [0.15, 0.2) is 24.3 Å². The molecule has 3 fully saturated rings. The van der Waals surface area contributed by atoms with E-state index in [0.29, 0.717) is 10.7 Å². The Balaban J connectivity index is 1.35. The average molecular weight is 350 g/mol. The van der Waals surface area contributed by atoms with Gasteiger partial charge in [0.1, 0.15) is 6.10 Å². The zero-order valence-electron chi connectivity index (χ0n) is 12.7. The maximum absolute atomic E-state index is 12.4. The molecule has 0 radical (unpaired) electrons. The van der Waals surface area contributed by atoms with Crippen molar-refractivity contribution >= 4 is 35.1 Å². The highest BCUT2D eigenvalue weighted by Crippen LogP contribution is 2.57. The molecule has 4 rings (SSSR count). The minimum absolute atomic E-state index is 0.0277. The summed E-state index contributed by atoms with van der Waals surface area (Å²) in [5.41, 5.74) is 0.461. The van der Waals surface area contributed by atoms with Gasteiger partial charge in [-0.2, -0.15) is 0 Å². The lowest BCUT2D eigenvalue weighted by Gasteiger charge is -2.22. The maximum atomic E-state index is 12.4. The summed E-state index contributed by atoms with van der Waals surface area (Å²) in [6, 6.07) is 6.80. The minimum Gasteiger partial charge on any atom is -0.462 e. The second-order valence-electron chi connectivity index (χ2n) is 6.56. The highest BCUT2D eigenvalue weighted by molar-refractivity contribution is 6.33. The van der Waals surface area contributed by atoms with Gasteiger partial charge in [-0.15, -0.1) is 0 Å². The van der Waals surface area contributed by atoms with Crippen LogP contribution in [0.1, 0.15) is 12.8 Å². The van der Waals surface area contributed by atoms with Crippen molar-refractivity contribution in [3.8, 4) is 0 Å². The number of para-hydroxylation sites is 1. The first-order chi connectivity index (χ1) is 11.5. The minimum atomic E-state index is -0.487. The number of hydrogen-bond acceptors (Lipinski definition) is 5. The largest absolute Gasteiger partial charge is 0.462 e. The van der Waals surface area contributed by atoms with E-state index in [9.17, 15) is 14.4 Å². The zero-order chi connectivity index (χ0) is 16.8. The lowest BCUT2D eigenvalue weighted by atomic mass is 9.80. The molecule has 2 saturated carbocycles. The second kappa shape index (κ2) is 5.77. The zero-order valence-corrected chi connectivity index (χ0v) is 13.5. The van der Waals surface area contributed by atoms with Gasteiger partial charge in [-0.05, 0) is 30.9 Å². The highest BCUT2D eigenvalue weighted by atomic mass is 35.5. The number of esters is 2. The molecule has 1 amide bonds. The van der Waals surface area contributed by atoms with Crippen LogP contribution in [0.25, 0.3) is 0 Å². The molecular formula is C17H16ClNO5. The van der Waals surface area contributed by atoms with Gasteiger partial charge in [-0.25, -0.2) is 0 Å². The van der Waals surface area contributed by atoms with Crippen molar-refractivity contribution in [3.63, 3.8) is 0 Å². The molecule has 6 nitrogen and oxygen atoms in total. The predicted octanol–water partition coefficient (Wildman–Crippen LogP) is 2.02. The number of halogens is 1. The van der Waals surface area contributed by atoms with Crippen LogP contribution in [0.3, 0.4) is 0 Å². The predicted molar refractivity (Wildman–Crippen MR) is 84.1 cm³/mol. The lowest BCUT2D eigenvalue weighted by molar-refractivity contribution is -0.157. The van der Waals surface area contributed by atoms with E-state index < -0.39 is 30.3 Å². The molecule has 2 bridgehead atoms. The number of rotatable bonds is 4. The molecule has 2 aliphatic carbocycles. The molecule has 5 atom stereocenters. The van der Waals surface area contributed by atoms with Crippen molar-refractivity contribution in [2.75, 3.05) is 11.9 Å². The molecule has 7 heteroatoms. The molecule has 1 aliphatic heterocycles. The molecule has 126 valence electrons. The topological polar surface area (TPSA) is 81.7 Å². The number of benzene rings is 1. The van der Waals surface area contributed by atoms with Gasteiger partial charge in [0.25, 0.3) is 5.91 Å². The van der Waals surface area contributed by atoms with Crippen molar-refractivity contribution in [1.29, 1.82) is 0 Å². The summed E-state index contributed by atoms with van der Waals surface area (Å²) in [5.74, 6) is -1.87. The fourth-order valence-corrected chi connectivity index (χ4v) is 4.49. The Kier molecular flexibility index (Phi) is 3.72. The van der Waals surface area contributed by atoms with Crippen LogP contribution in [0, 0.1) is 23.7 Å². The number of ether oxygens (including phenoxy) is 2. The SMILES string of the molecule is O=C(COC(=O)[C@H]1[C@@H]2C[C@@H]3[C@@H]1C(=O)O[C@@H]3C2)Nc1ccccc1Cl. The van der Waals surface area contributed by atoms with E-state index in [1.807, 2.05) is 0 Å². The monoisotopic (exact) mass is 349 g/mol. The third-order valence-corrected chi connectivity index (χ3v) is 5.58. The number of amides is 1. The highest BCUT2D eigenvalue weighted by Gasteiger charge is 2.64. The van der Waals surface area contributed by atoms with E-state index >= 15 is 0 Å². The molecular weight excluding hydrogens is 334 g/mol. The number of fused-ring (bicyclic) bond motifs is 1. The van der Waals surface area contributed by atoms with Crippen LogP contribution >= 0.6 is 11.6 Å². The van der Waals surface area contributed by atoms with Crippen molar-refractivity contribution < 1.29 is 23.9 Å². The fraction of sp³-hybridized carbons (Fsp3) is 0.471. The Morgan fingerprint density at radius 3 is 2.88 bits per heavy atom. The van der Waals surface area contributed by atoms with Gasteiger partial charge in [0.2, 0.25) is 0 Å². The van der Waals surface area contributed by atoms with E-state index in [2.05, 4.69) is 5.32 Å². The summed E-state index contributed by atoms with van der Waals surface area (Å²) in [5, 5.41) is 3.00. The summed E-state index contributed by atoms with van der Waals surface area (Å²) in [6.07, 6.45) is 1.52. The van der Waals surface area contributed by atoms with Gasteiger partial charge < -0.3 is 14.8 Å². The Hall–Kier alpha value is -2.08. The molecule has 24 heavy (non-hydrogen) atoms. The Morgan fingerprint density at radius 2 is 2.08 bits per heavy atom. The van der Waals surface area contributed by atoms with E-state index in [0.717, 1.165) is 12.8 Å². The molecule has 1 aromatic rings. The second-order valence-corrected chi connectivity index (χ2v) is 6.97. The number of carbonyl (C=O) groups is 3. The van der Waals surface area contributed by atoms with Crippen molar-refractivity contribution in [2.24, 2.45) is 23.7 Å². The molecule has 0 unspecified atom stereocenters. The van der Waals surface area contributed by atoms with E-state index in [-0.39, 0.29) is 23.9 Å². The molecule has 1 heterocycles. The van der Waals surface area contributed by atoms with Crippen LogP contribution < -0.4 is 5.32 Å².